The van der Waals surface area contributed by atoms with E-state index in [0.717, 1.165) is 5.69 Å². The third-order valence-corrected chi connectivity index (χ3v) is 5.87. The van der Waals surface area contributed by atoms with E-state index in [1.807, 2.05) is 35.2 Å². The molecule has 0 radical (unpaired) electrons. The lowest BCUT2D eigenvalue weighted by Crippen LogP contribution is -2.60. The summed E-state index contributed by atoms with van der Waals surface area (Å²) in [5.41, 5.74) is 1.52. The van der Waals surface area contributed by atoms with Gasteiger partial charge in [0.25, 0.3) is 5.91 Å². The van der Waals surface area contributed by atoms with Crippen molar-refractivity contribution in [2.24, 2.45) is 0 Å². The van der Waals surface area contributed by atoms with E-state index < -0.39 is 6.04 Å². The number of carbonyl (C=O) groups is 2. The van der Waals surface area contributed by atoms with E-state index >= 15 is 0 Å². The minimum Gasteiger partial charge on any atom is -0.497 e. The summed E-state index contributed by atoms with van der Waals surface area (Å²) < 4.78 is 5.37. The minimum absolute atomic E-state index is 0.169. The Morgan fingerprint density at radius 3 is 2.28 bits per heavy atom. The number of rotatable bonds is 4. The number of carbonyl (C=O) groups excluding carboxylic acids is 2. The highest BCUT2D eigenvalue weighted by molar-refractivity contribution is 6.22. The first-order valence-corrected chi connectivity index (χ1v) is 9.67. The van der Waals surface area contributed by atoms with E-state index in [1.165, 1.54) is 4.90 Å². The van der Waals surface area contributed by atoms with Crippen LogP contribution in [0.5, 0.6) is 5.75 Å². The van der Waals surface area contributed by atoms with Gasteiger partial charge >= 0.3 is 6.19 Å². The Morgan fingerprint density at radius 2 is 1.69 bits per heavy atom. The molecule has 2 aromatic carbocycles. The number of quaternary nitrogens is 1. The second-order valence-electron chi connectivity index (χ2n) is 7.37. The summed E-state index contributed by atoms with van der Waals surface area (Å²) in [7, 11) is 1.57. The fourth-order valence-electron chi connectivity index (χ4n) is 4.17. The summed E-state index contributed by atoms with van der Waals surface area (Å²) >= 11 is 0. The average Bonchev–Trinajstić information content (AvgIpc) is 3.08. The molecule has 0 unspecified atom stereocenters. The Bertz CT molecular complexity index is 944. The molecule has 0 aromatic heterocycles. The predicted molar refractivity (Wildman–Crippen MR) is 109 cm³/mol. The molecule has 0 bridgehead atoms. The maximum atomic E-state index is 13.0. The van der Waals surface area contributed by atoms with Crippen LogP contribution in [0.3, 0.4) is 0 Å². The summed E-state index contributed by atoms with van der Waals surface area (Å²) in [6.45, 7) is 2.34. The van der Waals surface area contributed by atoms with Gasteiger partial charge in [0.05, 0.1) is 38.3 Å². The van der Waals surface area contributed by atoms with Gasteiger partial charge in [-0.2, -0.15) is 4.48 Å². The summed E-state index contributed by atoms with van der Waals surface area (Å²) in [5, 5.41) is 9.84. The third kappa shape index (κ3) is 3.37. The van der Waals surface area contributed by atoms with Crippen LogP contribution in [0.25, 0.3) is 0 Å². The van der Waals surface area contributed by atoms with Crippen molar-refractivity contribution >= 4 is 23.2 Å². The summed E-state index contributed by atoms with van der Waals surface area (Å²) in [6, 6.07) is 16.2. The van der Waals surface area contributed by atoms with Crippen molar-refractivity contribution in [2.45, 2.75) is 12.5 Å². The number of nitrogens with zero attached hydrogens (tertiary/aromatic N) is 4. The second kappa shape index (κ2) is 7.66. The third-order valence-electron chi connectivity index (χ3n) is 5.87. The molecule has 29 heavy (non-hydrogen) atoms. The SMILES string of the molecule is COc1ccc(N2C(=O)C[C@H](N3CC[N+](C#N)(c4ccccc4)CC3)C2=O)cc1. The van der Waals surface area contributed by atoms with E-state index in [2.05, 4.69) is 6.19 Å². The lowest BCUT2D eigenvalue weighted by atomic mass is 10.1. The van der Waals surface area contributed by atoms with Gasteiger partial charge in [-0.15, -0.1) is 5.26 Å². The summed E-state index contributed by atoms with van der Waals surface area (Å²) in [4.78, 5) is 28.9. The van der Waals surface area contributed by atoms with Gasteiger partial charge < -0.3 is 4.74 Å². The molecule has 2 heterocycles. The quantitative estimate of drug-likeness (QED) is 0.454. The molecule has 1 atom stereocenters. The fraction of sp³-hybridized carbons (Fsp3) is 0.318. The first-order chi connectivity index (χ1) is 14.1. The van der Waals surface area contributed by atoms with Crippen LogP contribution in [0.1, 0.15) is 6.42 Å². The van der Waals surface area contributed by atoms with E-state index in [-0.39, 0.29) is 22.7 Å². The highest BCUT2D eigenvalue weighted by atomic mass is 16.5. The van der Waals surface area contributed by atoms with E-state index in [4.69, 9.17) is 4.74 Å². The molecule has 0 saturated carbocycles. The molecule has 7 heteroatoms. The number of imide groups is 1. The lowest BCUT2D eigenvalue weighted by Gasteiger charge is -2.39. The number of benzene rings is 2. The first kappa shape index (κ1) is 19.1. The summed E-state index contributed by atoms with van der Waals surface area (Å²) in [5.74, 6) is 0.281. The van der Waals surface area contributed by atoms with Gasteiger partial charge in [-0.3, -0.25) is 14.5 Å². The van der Waals surface area contributed by atoms with Crippen LogP contribution in [0.4, 0.5) is 11.4 Å². The number of amides is 2. The Hall–Kier alpha value is -3.21. The molecule has 2 aliphatic rings. The molecule has 2 aliphatic heterocycles. The number of anilines is 1. The van der Waals surface area contributed by atoms with Crippen LogP contribution in [-0.2, 0) is 9.59 Å². The lowest BCUT2D eigenvalue weighted by molar-refractivity contribution is -0.123. The van der Waals surface area contributed by atoms with Crippen molar-refractivity contribution in [3.05, 3.63) is 54.6 Å². The zero-order chi connectivity index (χ0) is 20.4. The highest BCUT2D eigenvalue weighted by Crippen LogP contribution is 2.30. The van der Waals surface area contributed by atoms with Crippen LogP contribution in [0, 0.1) is 11.5 Å². The van der Waals surface area contributed by atoms with Gasteiger partial charge in [-0.1, -0.05) is 18.2 Å². The second-order valence-corrected chi connectivity index (χ2v) is 7.37. The van der Waals surface area contributed by atoms with Crippen molar-refractivity contribution in [1.29, 1.82) is 5.26 Å². The van der Waals surface area contributed by atoms with Gasteiger partial charge in [0.1, 0.15) is 24.5 Å². The van der Waals surface area contributed by atoms with Crippen LogP contribution in [-0.4, -0.2) is 56.0 Å². The van der Waals surface area contributed by atoms with Crippen molar-refractivity contribution in [2.75, 3.05) is 38.2 Å². The van der Waals surface area contributed by atoms with Gasteiger partial charge in [0.15, 0.2) is 0 Å². The van der Waals surface area contributed by atoms with Gasteiger partial charge in [0.2, 0.25) is 5.91 Å². The normalized spacial score (nSPS) is 21.8. The molecule has 2 saturated heterocycles. The number of hydrogen-bond acceptors (Lipinski definition) is 5. The van der Waals surface area contributed by atoms with Gasteiger partial charge in [-0.05, 0) is 24.3 Å². The number of ether oxygens (including phenoxy) is 1. The molecule has 2 amide bonds. The van der Waals surface area contributed by atoms with E-state index in [1.54, 1.807) is 31.4 Å². The van der Waals surface area contributed by atoms with Crippen molar-refractivity contribution in [1.82, 2.24) is 9.38 Å². The standard InChI is InChI=1S/C22H23N4O3/c1-29-19-9-7-17(8-10-19)25-21(27)15-20(22(25)28)24-11-13-26(16-23,14-12-24)18-5-3-2-4-6-18/h2-10,20H,11-15H2,1H3/q+1/t20-/m0/s1. The molecule has 2 fully saturated rings. The molecular weight excluding hydrogens is 368 g/mol. The zero-order valence-corrected chi connectivity index (χ0v) is 16.3. The Kier molecular flexibility index (Phi) is 5.05. The largest absolute Gasteiger partial charge is 0.497 e. The predicted octanol–water partition coefficient (Wildman–Crippen LogP) is 2.13. The molecule has 7 nitrogen and oxygen atoms in total. The topological polar surface area (TPSA) is 73.6 Å². The maximum absolute atomic E-state index is 13.0. The molecule has 2 aromatic rings. The molecule has 0 spiro atoms. The first-order valence-electron chi connectivity index (χ1n) is 9.67. The average molecular weight is 391 g/mol. The number of piperazine rings is 1. The number of methoxy groups -OCH3 is 1. The van der Waals surface area contributed by atoms with Crippen LogP contribution >= 0.6 is 0 Å². The molecule has 0 aliphatic carbocycles. The fourth-order valence-corrected chi connectivity index (χ4v) is 4.17. The van der Waals surface area contributed by atoms with Crippen molar-refractivity contribution in [3.63, 3.8) is 0 Å². The van der Waals surface area contributed by atoms with Crippen LogP contribution in [0.15, 0.2) is 54.6 Å². The summed E-state index contributed by atoms with van der Waals surface area (Å²) in [6.07, 6.45) is 2.62. The maximum Gasteiger partial charge on any atom is 0.314 e. The monoisotopic (exact) mass is 391 g/mol. The number of hydrogen-bond donors (Lipinski definition) is 0. The van der Waals surface area contributed by atoms with Gasteiger partial charge in [0, 0.05) is 12.1 Å². The van der Waals surface area contributed by atoms with Crippen molar-refractivity contribution in [3.8, 4) is 11.9 Å². The minimum atomic E-state index is -0.471. The Balaban J connectivity index is 1.48. The van der Waals surface area contributed by atoms with E-state index in [0.29, 0.717) is 37.6 Å². The molecule has 4 rings (SSSR count). The van der Waals surface area contributed by atoms with Crippen molar-refractivity contribution < 1.29 is 14.3 Å². The van der Waals surface area contributed by atoms with Crippen LogP contribution in [0.2, 0.25) is 0 Å². The smallest absolute Gasteiger partial charge is 0.314 e. The van der Waals surface area contributed by atoms with Gasteiger partial charge in [-0.25, -0.2) is 4.90 Å². The molecular formula is C22H23N4O3+. The molecule has 0 N–H and O–H groups in total. The van der Waals surface area contributed by atoms with Crippen LogP contribution < -0.4 is 14.1 Å². The van der Waals surface area contributed by atoms with E-state index in [9.17, 15) is 14.9 Å². The highest BCUT2D eigenvalue weighted by Gasteiger charge is 2.46. The molecule has 148 valence electrons. The number of nitriles is 1. The Labute approximate surface area is 169 Å². The Morgan fingerprint density at radius 1 is 1.03 bits per heavy atom. The zero-order valence-electron chi connectivity index (χ0n) is 16.3. The number of para-hydroxylation sites is 1.